The van der Waals surface area contributed by atoms with Gasteiger partial charge in [-0.15, -0.1) is 0 Å². The summed E-state index contributed by atoms with van der Waals surface area (Å²) in [6, 6.07) is 0. The van der Waals surface area contributed by atoms with E-state index in [1.54, 1.807) is 13.3 Å². The Bertz CT molecular complexity index is 405. The summed E-state index contributed by atoms with van der Waals surface area (Å²) in [5.74, 6) is 6.59. The van der Waals surface area contributed by atoms with Gasteiger partial charge in [0, 0.05) is 32.0 Å². The first-order valence-corrected chi connectivity index (χ1v) is 6.22. The van der Waals surface area contributed by atoms with Gasteiger partial charge in [-0.25, -0.2) is 10.8 Å². The van der Waals surface area contributed by atoms with Gasteiger partial charge in [-0.2, -0.15) is 4.98 Å². The van der Waals surface area contributed by atoms with E-state index >= 15 is 0 Å². The average Bonchev–Trinajstić information content (AvgIpc) is 3.16. The van der Waals surface area contributed by atoms with Gasteiger partial charge >= 0.3 is 0 Å². The Kier molecular flexibility index (Phi) is 3.98. The molecule has 0 amide bonds. The van der Waals surface area contributed by atoms with Gasteiger partial charge in [0.25, 0.3) is 0 Å². The van der Waals surface area contributed by atoms with Gasteiger partial charge in [-0.05, 0) is 31.6 Å². The molecule has 18 heavy (non-hydrogen) atoms. The van der Waals surface area contributed by atoms with E-state index in [4.69, 9.17) is 10.6 Å². The van der Waals surface area contributed by atoms with Crippen LogP contribution in [0.1, 0.15) is 24.8 Å². The summed E-state index contributed by atoms with van der Waals surface area (Å²) < 4.78 is 5.15. The Balaban J connectivity index is 1.93. The third-order valence-corrected chi connectivity index (χ3v) is 3.53. The summed E-state index contributed by atoms with van der Waals surface area (Å²) >= 11 is 0. The zero-order chi connectivity index (χ0) is 13.0. The van der Waals surface area contributed by atoms with Crippen molar-refractivity contribution in [1.29, 1.82) is 0 Å². The van der Waals surface area contributed by atoms with Crippen molar-refractivity contribution in [3.8, 4) is 0 Å². The lowest BCUT2D eigenvalue weighted by atomic mass is 10.0. The second-order valence-electron chi connectivity index (χ2n) is 4.97. The van der Waals surface area contributed by atoms with E-state index in [2.05, 4.69) is 20.7 Å². The number of anilines is 2. The van der Waals surface area contributed by atoms with Crippen molar-refractivity contribution in [2.45, 2.75) is 26.2 Å². The lowest BCUT2D eigenvalue weighted by molar-refractivity contribution is 0.175. The largest absolute Gasteiger partial charge is 0.385 e. The molecule has 6 heteroatoms. The number of hydrogen-bond acceptors (Lipinski definition) is 6. The molecule has 100 valence electrons. The number of hydrazine groups is 1. The lowest BCUT2D eigenvalue weighted by Crippen LogP contribution is -2.19. The molecule has 6 nitrogen and oxygen atoms in total. The molecule has 4 N–H and O–H groups in total. The number of nitrogens with two attached hydrogens (primary N) is 1. The van der Waals surface area contributed by atoms with Crippen molar-refractivity contribution in [3.05, 3.63) is 11.8 Å². The molecule has 1 aliphatic carbocycles. The van der Waals surface area contributed by atoms with E-state index in [0.29, 0.717) is 11.4 Å². The summed E-state index contributed by atoms with van der Waals surface area (Å²) in [6.07, 6.45) is 5.38. The minimum Gasteiger partial charge on any atom is -0.385 e. The topological polar surface area (TPSA) is 85.1 Å². The summed E-state index contributed by atoms with van der Waals surface area (Å²) in [5, 5.41) is 3.40. The van der Waals surface area contributed by atoms with Crippen LogP contribution in [0, 0.1) is 12.3 Å². The Morgan fingerprint density at radius 3 is 2.89 bits per heavy atom. The van der Waals surface area contributed by atoms with Gasteiger partial charge in [0.2, 0.25) is 5.95 Å². The molecule has 0 saturated heterocycles. The van der Waals surface area contributed by atoms with E-state index in [9.17, 15) is 0 Å². The molecule has 0 aliphatic heterocycles. The van der Waals surface area contributed by atoms with Crippen molar-refractivity contribution in [2.75, 3.05) is 31.0 Å². The minimum atomic E-state index is 0.393. The third kappa shape index (κ3) is 3.08. The summed E-state index contributed by atoms with van der Waals surface area (Å²) in [5.41, 5.74) is 3.88. The Morgan fingerprint density at radius 2 is 2.28 bits per heavy atom. The van der Waals surface area contributed by atoms with Gasteiger partial charge in [-0.3, -0.25) is 5.43 Å². The first kappa shape index (κ1) is 13.0. The number of methoxy groups -OCH3 is 1. The van der Waals surface area contributed by atoms with Crippen LogP contribution in [0.25, 0.3) is 0 Å². The van der Waals surface area contributed by atoms with E-state index in [0.717, 1.165) is 31.0 Å². The highest BCUT2D eigenvalue weighted by atomic mass is 16.5. The lowest BCUT2D eigenvalue weighted by Gasteiger charge is -2.17. The second kappa shape index (κ2) is 5.49. The highest BCUT2D eigenvalue weighted by Gasteiger charge is 2.41. The molecule has 1 fully saturated rings. The van der Waals surface area contributed by atoms with Gasteiger partial charge in [0.15, 0.2) is 0 Å². The highest BCUT2D eigenvalue weighted by Crippen LogP contribution is 2.48. The molecule has 1 aromatic heterocycles. The molecule has 1 saturated carbocycles. The SMILES string of the molecule is COCCC1(CNc2nc(NN)ncc2C)CC1. The fourth-order valence-electron chi connectivity index (χ4n) is 1.97. The van der Waals surface area contributed by atoms with Crippen LogP contribution < -0.4 is 16.6 Å². The molecule has 0 bridgehead atoms. The zero-order valence-corrected chi connectivity index (χ0v) is 11.0. The first-order chi connectivity index (χ1) is 8.69. The summed E-state index contributed by atoms with van der Waals surface area (Å²) in [7, 11) is 1.75. The van der Waals surface area contributed by atoms with Crippen LogP contribution in [-0.4, -0.2) is 30.2 Å². The Hall–Kier alpha value is -1.40. The van der Waals surface area contributed by atoms with Crippen LogP contribution in [0.4, 0.5) is 11.8 Å². The van der Waals surface area contributed by atoms with Gasteiger partial charge in [-0.1, -0.05) is 0 Å². The fourth-order valence-corrected chi connectivity index (χ4v) is 1.97. The fraction of sp³-hybridized carbons (Fsp3) is 0.667. The molecule has 0 spiro atoms. The van der Waals surface area contributed by atoms with Crippen molar-refractivity contribution >= 4 is 11.8 Å². The molecule has 1 heterocycles. The maximum Gasteiger partial charge on any atom is 0.239 e. The molecule has 2 rings (SSSR count). The normalized spacial score (nSPS) is 16.4. The van der Waals surface area contributed by atoms with Crippen LogP contribution in [0.5, 0.6) is 0 Å². The number of ether oxygens (including phenoxy) is 1. The maximum atomic E-state index is 5.31. The number of nitrogens with zero attached hydrogens (tertiary/aromatic N) is 2. The standard InChI is InChI=1S/C12H21N5O/c1-9-7-14-11(17-13)16-10(9)15-8-12(3-4-12)5-6-18-2/h7H,3-6,8,13H2,1-2H3,(H2,14,15,16,17). The summed E-state index contributed by atoms with van der Waals surface area (Å²) in [6.45, 7) is 3.73. The number of nitrogen functional groups attached to an aromatic ring is 1. The van der Waals surface area contributed by atoms with Crippen molar-refractivity contribution in [3.63, 3.8) is 0 Å². The average molecular weight is 251 g/mol. The molecular weight excluding hydrogens is 230 g/mol. The molecule has 0 atom stereocenters. The Morgan fingerprint density at radius 1 is 1.50 bits per heavy atom. The number of aromatic nitrogens is 2. The van der Waals surface area contributed by atoms with E-state index in [1.807, 2.05) is 6.92 Å². The van der Waals surface area contributed by atoms with Gasteiger partial charge < -0.3 is 10.1 Å². The smallest absolute Gasteiger partial charge is 0.239 e. The molecule has 0 radical (unpaired) electrons. The number of hydrogen-bond donors (Lipinski definition) is 3. The molecule has 1 aromatic rings. The van der Waals surface area contributed by atoms with E-state index in [-0.39, 0.29) is 0 Å². The third-order valence-electron chi connectivity index (χ3n) is 3.53. The van der Waals surface area contributed by atoms with Gasteiger partial charge in [0.1, 0.15) is 5.82 Å². The van der Waals surface area contributed by atoms with Crippen LogP contribution in [0.15, 0.2) is 6.20 Å². The van der Waals surface area contributed by atoms with Crippen LogP contribution in [0.2, 0.25) is 0 Å². The quantitative estimate of drug-likeness (QED) is 0.500. The van der Waals surface area contributed by atoms with Crippen molar-refractivity contribution < 1.29 is 4.74 Å². The molecule has 0 unspecified atom stereocenters. The molecule has 0 aromatic carbocycles. The van der Waals surface area contributed by atoms with Gasteiger partial charge in [0.05, 0.1) is 0 Å². The summed E-state index contributed by atoms with van der Waals surface area (Å²) in [4.78, 5) is 8.37. The van der Waals surface area contributed by atoms with Crippen LogP contribution in [-0.2, 0) is 4.74 Å². The number of rotatable bonds is 7. The monoisotopic (exact) mass is 251 g/mol. The Labute approximate surface area is 107 Å². The van der Waals surface area contributed by atoms with Crippen LogP contribution in [0.3, 0.4) is 0 Å². The molecular formula is C12H21N5O. The van der Waals surface area contributed by atoms with E-state index in [1.165, 1.54) is 12.8 Å². The highest BCUT2D eigenvalue weighted by molar-refractivity contribution is 5.46. The van der Waals surface area contributed by atoms with Crippen LogP contribution >= 0.6 is 0 Å². The molecule has 1 aliphatic rings. The van der Waals surface area contributed by atoms with Crippen molar-refractivity contribution in [1.82, 2.24) is 9.97 Å². The second-order valence-corrected chi connectivity index (χ2v) is 4.97. The maximum absolute atomic E-state index is 5.31. The van der Waals surface area contributed by atoms with E-state index < -0.39 is 0 Å². The predicted molar refractivity (Wildman–Crippen MR) is 71.2 cm³/mol. The van der Waals surface area contributed by atoms with Crippen molar-refractivity contribution in [2.24, 2.45) is 11.3 Å². The predicted octanol–water partition coefficient (Wildman–Crippen LogP) is 1.30. The minimum absolute atomic E-state index is 0.393. The first-order valence-electron chi connectivity index (χ1n) is 6.22. The number of nitrogens with one attached hydrogen (secondary N) is 2. The zero-order valence-electron chi connectivity index (χ0n) is 11.0. The number of aryl methyl sites for hydroxylation is 1.